The van der Waals surface area contributed by atoms with Crippen molar-refractivity contribution in [3.8, 4) is 0 Å². The molecule has 0 bridgehead atoms. The summed E-state index contributed by atoms with van der Waals surface area (Å²) in [7, 11) is 6.00. The highest BCUT2D eigenvalue weighted by molar-refractivity contribution is 5.71. The largest absolute Gasteiger partial charge is 0.477 e. The molecule has 0 aliphatic rings. The van der Waals surface area contributed by atoms with Crippen LogP contribution in [-0.4, -0.2) is 87.4 Å². The van der Waals surface area contributed by atoms with Crippen molar-refractivity contribution in [2.75, 3.05) is 47.5 Å². The van der Waals surface area contributed by atoms with E-state index >= 15 is 0 Å². The summed E-state index contributed by atoms with van der Waals surface area (Å²) >= 11 is 0. The van der Waals surface area contributed by atoms with Crippen LogP contribution in [0.5, 0.6) is 0 Å². The van der Waals surface area contributed by atoms with Crippen molar-refractivity contribution in [3.05, 3.63) is 109 Å². The van der Waals surface area contributed by atoms with Crippen LogP contribution < -0.4 is 0 Å². The molecule has 0 aromatic carbocycles. The molecule has 101 heavy (non-hydrogen) atoms. The molecular formula is C92H164NO8+. The molecule has 0 aliphatic heterocycles. The van der Waals surface area contributed by atoms with Crippen LogP contribution in [0.3, 0.4) is 0 Å². The second-order valence-corrected chi connectivity index (χ2v) is 30.1. The third-order valence-corrected chi connectivity index (χ3v) is 19.0. The average molecular weight is 1410 g/mol. The molecule has 0 saturated heterocycles. The Hall–Kier alpha value is -4.05. The van der Waals surface area contributed by atoms with Gasteiger partial charge in [-0.1, -0.05) is 393 Å². The Morgan fingerprint density at radius 2 is 0.564 bits per heavy atom. The zero-order chi connectivity index (χ0) is 73.2. The topological polar surface area (TPSA) is 108 Å². The summed E-state index contributed by atoms with van der Waals surface area (Å²) < 4.78 is 23.1. The minimum absolute atomic E-state index is 0.180. The van der Waals surface area contributed by atoms with E-state index in [0.717, 1.165) is 89.9 Å². The smallest absolute Gasteiger partial charge is 0.361 e. The number of ether oxygens (including phenoxy) is 4. The Bertz CT molecular complexity index is 2040. The van der Waals surface area contributed by atoms with Gasteiger partial charge < -0.3 is 28.5 Å². The van der Waals surface area contributed by atoms with Crippen molar-refractivity contribution in [2.24, 2.45) is 0 Å². The number of nitrogens with zero attached hydrogens (tertiary/aromatic N) is 1. The lowest BCUT2D eigenvalue weighted by Gasteiger charge is -2.25. The number of hydrogen-bond donors (Lipinski definition) is 1. The first kappa shape index (κ1) is 97.0. The minimum atomic E-state index is -1.51. The van der Waals surface area contributed by atoms with Gasteiger partial charge >= 0.3 is 17.9 Å². The lowest BCUT2D eigenvalue weighted by atomic mass is 10.0. The van der Waals surface area contributed by atoms with E-state index in [0.29, 0.717) is 17.4 Å². The van der Waals surface area contributed by atoms with E-state index in [4.69, 9.17) is 18.9 Å². The highest BCUT2D eigenvalue weighted by Crippen LogP contribution is 2.20. The van der Waals surface area contributed by atoms with E-state index in [9.17, 15) is 19.5 Å². The molecular weight excluding hydrogens is 1250 g/mol. The van der Waals surface area contributed by atoms with Crippen molar-refractivity contribution in [2.45, 2.75) is 411 Å². The Morgan fingerprint density at radius 3 is 0.842 bits per heavy atom. The van der Waals surface area contributed by atoms with Gasteiger partial charge in [-0.3, -0.25) is 9.59 Å². The van der Waals surface area contributed by atoms with Crippen LogP contribution in [0.4, 0.5) is 0 Å². The van der Waals surface area contributed by atoms with Gasteiger partial charge in [0, 0.05) is 12.8 Å². The third kappa shape index (κ3) is 83.1. The first-order valence-corrected chi connectivity index (χ1v) is 43.1. The molecule has 0 aromatic heterocycles. The number of likely N-dealkylation sites (N-methyl/N-ethyl adjacent to an activating group) is 1. The van der Waals surface area contributed by atoms with E-state index < -0.39 is 18.4 Å². The summed E-state index contributed by atoms with van der Waals surface area (Å²) in [4.78, 5) is 37.8. The van der Waals surface area contributed by atoms with Crippen LogP contribution in [0.15, 0.2) is 109 Å². The fourth-order valence-electron chi connectivity index (χ4n) is 12.5. The van der Waals surface area contributed by atoms with Gasteiger partial charge in [-0.05, 0) is 103 Å². The number of quaternary nitrogens is 1. The Balaban J connectivity index is 3.97. The van der Waals surface area contributed by atoms with Gasteiger partial charge in [-0.15, -0.1) is 0 Å². The minimum Gasteiger partial charge on any atom is -0.477 e. The van der Waals surface area contributed by atoms with Gasteiger partial charge in [-0.25, -0.2) is 4.79 Å². The molecule has 0 rings (SSSR count). The molecule has 0 spiro atoms. The summed E-state index contributed by atoms with van der Waals surface area (Å²) in [5.74, 6) is -1.98. The zero-order valence-electron chi connectivity index (χ0n) is 67.1. The number of allylic oxidation sites excluding steroid dienone is 18. The van der Waals surface area contributed by atoms with E-state index in [2.05, 4.69) is 123 Å². The summed E-state index contributed by atoms with van der Waals surface area (Å²) in [6, 6.07) is 0. The predicted molar refractivity (Wildman–Crippen MR) is 438 cm³/mol. The van der Waals surface area contributed by atoms with Crippen LogP contribution in [0.2, 0.25) is 0 Å². The molecule has 0 radical (unpaired) electrons. The number of carbonyl (C=O) groups is 3. The molecule has 0 aromatic rings. The molecule has 9 nitrogen and oxygen atoms in total. The first-order chi connectivity index (χ1) is 49.6. The summed E-state index contributed by atoms with van der Waals surface area (Å²) in [6.45, 7) is 4.81. The second kappa shape index (κ2) is 81.6. The molecule has 2 atom stereocenters. The van der Waals surface area contributed by atoms with E-state index in [1.54, 1.807) is 0 Å². The van der Waals surface area contributed by atoms with Crippen LogP contribution in [-0.2, 0) is 33.3 Å². The maximum atomic E-state index is 13.0. The van der Waals surface area contributed by atoms with Crippen molar-refractivity contribution in [1.82, 2.24) is 0 Å². The summed E-state index contributed by atoms with van der Waals surface area (Å²) in [6.07, 6.45) is 113. The standard InChI is InChI=1S/C92H163NO8/c1-6-8-10-12-14-16-18-20-22-24-26-28-30-32-34-36-38-40-42-44-45-47-49-51-53-55-57-59-61-63-65-67-69-71-73-75-77-79-81-83-90(95)101-88(87-100-92(91(96)97)98-85-84-93(3,4)5)86-99-89(94)82-80-78-76-74-72-70-68-66-64-62-60-58-56-54-52-50-48-46-43-41-39-37-35-33-31-29-27-25-23-21-19-17-15-13-11-9-7-2/h8,10,14,16,19-22,25-28,32,34,38,40,44-45,88,92H,6-7,9,11-13,15,17-18,23-24,29-31,33,35-37,39,41-43,46-87H2,1-5H3/p+1/b10-8-,16-14-,21-19-,22-20-,27-25-,28-26-,34-32-,40-38-,45-44-. The summed E-state index contributed by atoms with van der Waals surface area (Å²) in [5, 5.41) is 9.79. The van der Waals surface area contributed by atoms with Crippen LogP contribution in [0.25, 0.3) is 0 Å². The lowest BCUT2D eigenvalue weighted by molar-refractivity contribution is -0.870. The van der Waals surface area contributed by atoms with Crippen LogP contribution in [0.1, 0.15) is 399 Å². The Morgan fingerprint density at radius 1 is 0.307 bits per heavy atom. The number of carboxylic acid groups (broad SMARTS) is 1. The third-order valence-electron chi connectivity index (χ3n) is 19.0. The zero-order valence-corrected chi connectivity index (χ0v) is 67.1. The van der Waals surface area contributed by atoms with Gasteiger partial charge in [0.1, 0.15) is 13.2 Å². The molecule has 0 amide bonds. The number of aliphatic carboxylic acids is 1. The average Bonchev–Trinajstić information content (AvgIpc) is 1.21. The predicted octanol–water partition coefficient (Wildman–Crippen LogP) is 28.0. The van der Waals surface area contributed by atoms with Crippen molar-refractivity contribution in [1.29, 1.82) is 0 Å². The van der Waals surface area contributed by atoms with Gasteiger partial charge in [0.25, 0.3) is 6.29 Å². The van der Waals surface area contributed by atoms with Crippen molar-refractivity contribution < 1.29 is 42.9 Å². The number of hydrogen-bond acceptors (Lipinski definition) is 7. The number of carboxylic acids is 1. The number of esters is 2. The molecule has 0 fully saturated rings. The van der Waals surface area contributed by atoms with Gasteiger partial charge in [-0.2, -0.15) is 0 Å². The number of carbonyl (C=O) groups excluding carboxylic acids is 2. The molecule has 2 unspecified atom stereocenters. The quantitative estimate of drug-likeness (QED) is 0.0211. The molecule has 1 N–H and O–H groups in total. The normalized spacial score (nSPS) is 13.2. The molecule has 0 heterocycles. The van der Waals surface area contributed by atoms with Gasteiger partial charge in [0.05, 0.1) is 34.4 Å². The van der Waals surface area contributed by atoms with Crippen LogP contribution in [0, 0.1) is 0 Å². The number of rotatable bonds is 80. The molecule has 9 heteroatoms. The van der Waals surface area contributed by atoms with Gasteiger partial charge in [0.15, 0.2) is 6.10 Å². The van der Waals surface area contributed by atoms with Crippen LogP contribution >= 0.6 is 0 Å². The van der Waals surface area contributed by atoms with E-state index in [-0.39, 0.29) is 38.2 Å². The highest BCUT2D eigenvalue weighted by Gasteiger charge is 2.25. The van der Waals surface area contributed by atoms with Gasteiger partial charge in [0.2, 0.25) is 0 Å². The maximum Gasteiger partial charge on any atom is 0.361 e. The Labute approximate surface area is 625 Å². The summed E-state index contributed by atoms with van der Waals surface area (Å²) in [5.41, 5.74) is 0. The Kier molecular flexibility index (Phi) is 78.3. The number of unbranched alkanes of at least 4 members (excludes halogenated alkanes) is 47. The molecule has 584 valence electrons. The second-order valence-electron chi connectivity index (χ2n) is 30.1. The van der Waals surface area contributed by atoms with E-state index in [1.807, 2.05) is 21.1 Å². The first-order valence-electron chi connectivity index (χ1n) is 43.1. The van der Waals surface area contributed by atoms with Crippen molar-refractivity contribution in [3.63, 3.8) is 0 Å². The highest BCUT2D eigenvalue weighted by atomic mass is 16.7. The monoisotopic (exact) mass is 1410 g/mol. The fraction of sp³-hybridized carbons (Fsp3) is 0.772. The SMILES string of the molecule is CC/C=C\C/C=C\C/C=C\C/C=C\C/C=C\C/C=C\C/C=C\CCCCCCCCCCCCCCCCCCCC(=O)OC(COC(=O)CCCCCCCCCCCCCCCCCCCCCCCCCCC/C=C\C/C=C\CCCCCCC)COC(OCC[N+](C)(C)C)C(=O)O. The fourth-order valence-corrected chi connectivity index (χ4v) is 12.5. The van der Waals surface area contributed by atoms with Crippen molar-refractivity contribution >= 4 is 17.9 Å². The van der Waals surface area contributed by atoms with E-state index in [1.165, 1.54) is 283 Å². The molecule has 0 aliphatic carbocycles. The molecule has 0 saturated carbocycles. The lowest BCUT2D eigenvalue weighted by Crippen LogP contribution is -2.40. The maximum absolute atomic E-state index is 13.0.